The molecule has 0 aliphatic carbocycles. The van der Waals surface area contributed by atoms with Crippen LogP contribution in [-0.2, 0) is 9.59 Å². The van der Waals surface area contributed by atoms with E-state index in [4.69, 9.17) is 5.11 Å². The lowest BCUT2D eigenvalue weighted by Crippen LogP contribution is -2.46. The van der Waals surface area contributed by atoms with Crippen LogP contribution in [-0.4, -0.2) is 77.5 Å². The van der Waals surface area contributed by atoms with Gasteiger partial charge in [-0.25, -0.2) is 4.79 Å². The van der Waals surface area contributed by atoms with Crippen molar-refractivity contribution in [3.8, 4) is 0 Å². The summed E-state index contributed by atoms with van der Waals surface area (Å²) >= 11 is 0. The summed E-state index contributed by atoms with van der Waals surface area (Å²) in [5.74, 6) is -1.57. The third-order valence-corrected chi connectivity index (χ3v) is 4.02. The van der Waals surface area contributed by atoms with Crippen LogP contribution in [0, 0.1) is 11.8 Å². The number of carboxylic acid groups (broad SMARTS) is 1. The molecule has 1 fully saturated rings. The topological polar surface area (TPSA) is 81.2 Å². The first-order valence-corrected chi connectivity index (χ1v) is 7.32. The van der Waals surface area contributed by atoms with E-state index >= 15 is 0 Å². The Bertz CT molecular complexity index is 409. The van der Waals surface area contributed by atoms with Gasteiger partial charge in [-0.15, -0.1) is 0 Å². The highest BCUT2D eigenvalue weighted by Crippen LogP contribution is 2.23. The quantitative estimate of drug-likeness (QED) is 0.804. The fourth-order valence-corrected chi connectivity index (χ4v) is 2.63. The van der Waals surface area contributed by atoms with E-state index < -0.39 is 11.9 Å². The molecule has 0 aromatic heterocycles. The Kier molecular flexibility index (Phi) is 5.99. The number of hydrogen-bond acceptors (Lipinski definition) is 3. The van der Waals surface area contributed by atoms with Crippen LogP contribution in [0.25, 0.3) is 0 Å². The van der Waals surface area contributed by atoms with Crippen LogP contribution in [0.5, 0.6) is 0 Å². The molecule has 0 aromatic rings. The van der Waals surface area contributed by atoms with Crippen molar-refractivity contribution in [1.29, 1.82) is 0 Å². The second-order valence-electron chi connectivity index (χ2n) is 5.53. The van der Waals surface area contributed by atoms with Crippen LogP contribution in [0.1, 0.15) is 20.8 Å². The molecule has 1 aliphatic heterocycles. The number of aliphatic carboxylic acids is 1. The van der Waals surface area contributed by atoms with Crippen LogP contribution in [0.3, 0.4) is 0 Å². The number of carboxylic acids is 1. The minimum absolute atomic E-state index is 0.0170. The fourth-order valence-electron chi connectivity index (χ4n) is 2.63. The van der Waals surface area contributed by atoms with E-state index in [-0.39, 0.29) is 30.9 Å². The van der Waals surface area contributed by atoms with Crippen molar-refractivity contribution in [3.05, 3.63) is 0 Å². The molecule has 120 valence electrons. The maximum Gasteiger partial charge on any atom is 0.320 e. The van der Waals surface area contributed by atoms with Gasteiger partial charge in [0.25, 0.3) is 0 Å². The van der Waals surface area contributed by atoms with Crippen LogP contribution < -0.4 is 0 Å². The first-order valence-electron chi connectivity index (χ1n) is 7.32. The van der Waals surface area contributed by atoms with Gasteiger partial charge in [0.15, 0.2) is 0 Å². The average Bonchev–Trinajstić information content (AvgIpc) is 2.81. The van der Waals surface area contributed by atoms with Crippen molar-refractivity contribution in [3.63, 3.8) is 0 Å². The Morgan fingerprint density at radius 2 is 1.76 bits per heavy atom. The number of carbonyl (C=O) groups excluding carboxylic acids is 2. The van der Waals surface area contributed by atoms with E-state index in [2.05, 4.69) is 0 Å². The van der Waals surface area contributed by atoms with Gasteiger partial charge in [-0.2, -0.15) is 0 Å². The van der Waals surface area contributed by atoms with Gasteiger partial charge in [0.1, 0.15) is 6.54 Å². The molecule has 1 saturated heterocycles. The number of amides is 3. The molecule has 3 amide bonds. The van der Waals surface area contributed by atoms with Gasteiger partial charge in [-0.1, -0.05) is 6.92 Å². The molecule has 2 atom stereocenters. The minimum atomic E-state index is -0.875. The molecule has 1 aliphatic rings. The molecule has 0 radical (unpaired) electrons. The molecule has 1 heterocycles. The number of rotatable bonds is 5. The van der Waals surface area contributed by atoms with Gasteiger partial charge < -0.3 is 19.8 Å². The number of urea groups is 1. The summed E-state index contributed by atoms with van der Waals surface area (Å²) in [7, 11) is 1.57. The summed E-state index contributed by atoms with van der Waals surface area (Å²) in [4.78, 5) is 39.9. The van der Waals surface area contributed by atoms with E-state index in [0.717, 1.165) is 0 Å². The minimum Gasteiger partial charge on any atom is -0.481 e. The Morgan fingerprint density at radius 1 is 1.19 bits per heavy atom. The molecule has 2 unspecified atom stereocenters. The van der Waals surface area contributed by atoms with Crippen LogP contribution in [0.2, 0.25) is 0 Å². The smallest absolute Gasteiger partial charge is 0.320 e. The lowest BCUT2D eigenvalue weighted by atomic mass is 9.99. The highest BCUT2D eigenvalue weighted by molar-refractivity contribution is 5.84. The Hall–Kier alpha value is -1.79. The van der Waals surface area contributed by atoms with E-state index in [9.17, 15) is 14.4 Å². The van der Waals surface area contributed by atoms with Crippen LogP contribution in [0.4, 0.5) is 4.79 Å². The molecule has 21 heavy (non-hydrogen) atoms. The molecule has 1 N–H and O–H groups in total. The Labute approximate surface area is 125 Å². The van der Waals surface area contributed by atoms with E-state index in [1.165, 1.54) is 9.80 Å². The third-order valence-electron chi connectivity index (χ3n) is 4.02. The highest BCUT2D eigenvalue weighted by atomic mass is 16.4. The van der Waals surface area contributed by atoms with E-state index in [1.807, 2.05) is 20.8 Å². The van der Waals surface area contributed by atoms with Crippen LogP contribution >= 0.6 is 0 Å². The van der Waals surface area contributed by atoms with Crippen molar-refractivity contribution in [2.75, 3.05) is 39.8 Å². The summed E-state index contributed by atoms with van der Waals surface area (Å²) in [6, 6.07) is -0.286. The summed E-state index contributed by atoms with van der Waals surface area (Å²) in [6.45, 7) is 7.47. The molecule has 0 aromatic carbocycles. The molecule has 0 spiro atoms. The van der Waals surface area contributed by atoms with Crippen molar-refractivity contribution >= 4 is 17.9 Å². The third kappa shape index (κ3) is 4.09. The van der Waals surface area contributed by atoms with Crippen LogP contribution in [0.15, 0.2) is 0 Å². The predicted molar refractivity (Wildman–Crippen MR) is 77.8 cm³/mol. The first kappa shape index (κ1) is 17.3. The zero-order valence-corrected chi connectivity index (χ0v) is 13.2. The Balaban J connectivity index is 2.59. The normalized spacial score (nSPS) is 21.2. The Morgan fingerprint density at radius 3 is 2.19 bits per heavy atom. The second-order valence-corrected chi connectivity index (χ2v) is 5.53. The summed E-state index contributed by atoms with van der Waals surface area (Å²) in [5, 5.41) is 9.09. The van der Waals surface area contributed by atoms with Gasteiger partial charge >= 0.3 is 12.0 Å². The van der Waals surface area contributed by atoms with Gasteiger partial charge in [-0.3, -0.25) is 9.59 Å². The predicted octanol–water partition coefficient (Wildman–Crippen LogP) is 0.559. The van der Waals surface area contributed by atoms with Crippen molar-refractivity contribution < 1.29 is 19.5 Å². The standard InChI is InChI=1S/C14H25N3O4/c1-5-16(6-2)12(18)9-15(4)14(21)17-7-10(3)11(8-17)13(19)20/h10-11H,5-9H2,1-4H3,(H,19,20). The largest absolute Gasteiger partial charge is 0.481 e. The number of nitrogens with zero attached hydrogens (tertiary/aromatic N) is 3. The van der Waals surface area contributed by atoms with Crippen molar-refractivity contribution in [2.45, 2.75) is 20.8 Å². The monoisotopic (exact) mass is 299 g/mol. The molecular weight excluding hydrogens is 274 g/mol. The van der Waals surface area contributed by atoms with E-state index in [0.29, 0.717) is 19.6 Å². The van der Waals surface area contributed by atoms with Gasteiger partial charge in [0.2, 0.25) is 5.91 Å². The van der Waals surface area contributed by atoms with Gasteiger partial charge in [-0.05, 0) is 19.8 Å². The highest BCUT2D eigenvalue weighted by Gasteiger charge is 2.38. The number of likely N-dealkylation sites (N-methyl/N-ethyl adjacent to an activating group) is 2. The van der Waals surface area contributed by atoms with Gasteiger partial charge in [0, 0.05) is 33.2 Å². The zero-order chi connectivity index (χ0) is 16.2. The lowest BCUT2D eigenvalue weighted by molar-refractivity contribution is -0.142. The van der Waals surface area contributed by atoms with Crippen molar-refractivity contribution in [2.24, 2.45) is 11.8 Å². The molecule has 0 saturated carbocycles. The van der Waals surface area contributed by atoms with Gasteiger partial charge in [0.05, 0.1) is 5.92 Å². The summed E-state index contributed by atoms with van der Waals surface area (Å²) in [6.07, 6.45) is 0. The van der Waals surface area contributed by atoms with Crippen molar-refractivity contribution in [1.82, 2.24) is 14.7 Å². The fraction of sp³-hybridized carbons (Fsp3) is 0.786. The molecule has 7 heteroatoms. The molecular formula is C14H25N3O4. The van der Waals surface area contributed by atoms with E-state index in [1.54, 1.807) is 11.9 Å². The molecule has 0 bridgehead atoms. The molecule has 7 nitrogen and oxygen atoms in total. The summed E-state index contributed by atoms with van der Waals surface area (Å²) < 4.78 is 0. The number of carbonyl (C=O) groups is 3. The summed E-state index contributed by atoms with van der Waals surface area (Å²) in [5.41, 5.74) is 0. The second kappa shape index (κ2) is 7.28. The maximum absolute atomic E-state index is 12.3. The lowest BCUT2D eigenvalue weighted by Gasteiger charge is -2.27. The number of likely N-dealkylation sites (tertiary alicyclic amines) is 1. The number of hydrogen-bond donors (Lipinski definition) is 1. The zero-order valence-electron chi connectivity index (χ0n) is 13.2. The molecule has 1 rings (SSSR count). The maximum atomic E-state index is 12.3. The first-order chi connectivity index (χ1) is 9.81. The SMILES string of the molecule is CCN(CC)C(=O)CN(C)C(=O)N1CC(C)C(C(=O)O)C1. The average molecular weight is 299 g/mol.